The Balaban J connectivity index is 1.80. The second kappa shape index (κ2) is 6.53. The average Bonchev–Trinajstić information content (AvgIpc) is 3.08. The number of H-pyrrole nitrogens is 1. The lowest BCUT2D eigenvalue weighted by atomic mass is 10.2. The number of halogens is 1. The fraction of sp³-hybridized carbons (Fsp3) is 0.0625. The number of benzene rings is 1. The van der Waals surface area contributed by atoms with Crippen molar-refractivity contribution in [2.45, 2.75) is 6.54 Å². The number of nitrogens with one attached hydrogen (secondary N) is 2. The SMILES string of the molecule is O=C(NCc1ccccc1F)c1cc(-c2cccs2)[nH]c(=O)n1. The zero-order valence-electron chi connectivity index (χ0n) is 11.9. The minimum atomic E-state index is -0.605. The Kier molecular flexibility index (Phi) is 4.29. The number of carbonyl (C=O) groups is 1. The summed E-state index contributed by atoms with van der Waals surface area (Å²) in [4.78, 5) is 30.9. The van der Waals surface area contributed by atoms with Crippen LogP contribution in [0, 0.1) is 5.82 Å². The van der Waals surface area contributed by atoms with Gasteiger partial charge in [-0.1, -0.05) is 24.3 Å². The summed E-state index contributed by atoms with van der Waals surface area (Å²) in [6.45, 7) is 0.0221. The molecular weight excluding hydrogens is 317 g/mol. The van der Waals surface area contributed by atoms with Crippen LogP contribution in [0.15, 0.2) is 52.6 Å². The first-order chi connectivity index (χ1) is 11.1. The van der Waals surface area contributed by atoms with Gasteiger partial charge in [-0.05, 0) is 23.6 Å². The highest BCUT2D eigenvalue weighted by atomic mass is 32.1. The van der Waals surface area contributed by atoms with Crippen molar-refractivity contribution in [2.75, 3.05) is 0 Å². The van der Waals surface area contributed by atoms with Gasteiger partial charge in [-0.25, -0.2) is 9.18 Å². The highest BCUT2D eigenvalue weighted by molar-refractivity contribution is 7.13. The predicted octanol–water partition coefficient (Wildman–Crippen LogP) is 2.57. The van der Waals surface area contributed by atoms with Gasteiger partial charge >= 0.3 is 5.69 Å². The monoisotopic (exact) mass is 329 g/mol. The third-order valence-corrected chi connectivity index (χ3v) is 4.06. The Labute approximate surface area is 134 Å². The molecule has 2 aromatic heterocycles. The van der Waals surface area contributed by atoms with Gasteiger partial charge in [0, 0.05) is 12.1 Å². The number of aromatic nitrogens is 2. The highest BCUT2D eigenvalue weighted by Crippen LogP contribution is 2.21. The van der Waals surface area contributed by atoms with Crippen LogP contribution >= 0.6 is 11.3 Å². The van der Waals surface area contributed by atoms with Gasteiger partial charge in [-0.15, -0.1) is 11.3 Å². The predicted molar refractivity (Wildman–Crippen MR) is 85.7 cm³/mol. The lowest BCUT2D eigenvalue weighted by molar-refractivity contribution is 0.0945. The van der Waals surface area contributed by atoms with E-state index < -0.39 is 17.4 Å². The van der Waals surface area contributed by atoms with Crippen LogP contribution in [-0.4, -0.2) is 15.9 Å². The van der Waals surface area contributed by atoms with Gasteiger partial charge in [0.2, 0.25) is 0 Å². The molecule has 3 aromatic rings. The third-order valence-electron chi connectivity index (χ3n) is 3.16. The molecule has 0 saturated carbocycles. The molecule has 116 valence electrons. The van der Waals surface area contributed by atoms with Gasteiger partial charge in [-0.3, -0.25) is 4.79 Å². The summed E-state index contributed by atoms with van der Waals surface area (Å²) in [5.41, 5.74) is 0.278. The standard InChI is InChI=1S/C16H12FN3O2S/c17-11-5-2-1-4-10(11)9-18-15(21)13-8-12(19-16(22)20-13)14-6-3-7-23-14/h1-8H,9H2,(H,18,21)(H,19,20,22). The van der Waals surface area contributed by atoms with Crippen molar-refractivity contribution in [3.63, 3.8) is 0 Å². The second-order valence-corrected chi connectivity index (χ2v) is 5.68. The smallest absolute Gasteiger partial charge is 0.346 e. The number of carbonyl (C=O) groups excluding carboxylic acids is 1. The van der Waals surface area contributed by atoms with Crippen LogP contribution in [0.4, 0.5) is 4.39 Å². The zero-order chi connectivity index (χ0) is 16.2. The number of amides is 1. The van der Waals surface area contributed by atoms with Gasteiger partial charge in [0.05, 0.1) is 10.6 Å². The summed E-state index contributed by atoms with van der Waals surface area (Å²) in [6, 6.07) is 11.3. The van der Waals surface area contributed by atoms with Gasteiger partial charge in [0.25, 0.3) is 5.91 Å². The minimum Gasteiger partial charge on any atom is -0.347 e. The van der Waals surface area contributed by atoms with Crippen LogP contribution in [0.1, 0.15) is 16.1 Å². The van der Waals surface area contributed by atoms with Crippen molar-refractivity contribution >= 4 is 17.2 Å². The van der Waals surface area contributed by atoms with Crippen LogP contribution < -0.4 is 11.0 Å². The molecule has 0 fully saturated rings. The molecule has 0 aliphatic rings. The average molecular weight is 329 g/mol. The van der Waals surface area contributed by atoms with E-state index in [1.165, 1.54) is 23.5 Å². The summed E-state index contributed by atoms with van der Waals surface area (Å²) in [6.07, 6.45) is 0. The quantitative estimate of drug-likeness (QED) is 0.772. The number of hydrogen-bond donors (Lipinski definition) is 2. The Bertz CT molecular complexity index is 890. The fourth-order valence-electron chi connectivity index (χ4n) is 2.05. The highest BCUT2D eigenvalue weighted by Gasteiger charge is 2.12. The molecule has 3 rings (SSSR count). The third kappa shape index (κ3) is 3.51. The molecular formula is C16H12FN3O2S. The summed E-state index contributed by atoms with van der Waals surface area (Å²) in [5.74, 6) is -0.928. The lowest BCUT2D eigenvalue weighted by Crippen LogP contribution is -2.27. The lowest BCUT2D eigenvalue weighted by Gasteiger charge is -2.06. The van der Waals surface area contributed by atoms with Crippen LogP contribution in [0.3, 0.4) is 0 Å². The minimum absolute atomic E-state index is 0.00603. The molecule has 0 atom stereocenters. The maximum atomic E-state index is 13.5. The maximum Gasteiger partial charge on any atom is 0.346 e. The zero-order valence-corrected chi connectivity index (χ0v) is 12.7. The molecule has 0 radical (unpaired) electrons. The van der Waals surface area contributed by atoms with Crippen molar-refractivity contribution in [3.8, 4) is 10.6 Å². The van der Waals surface area contributed by atoms with E-state index in [1.807, 2.05) is 17.5 Å². The molecule has 7 heteroatoms. The summed E-state index contributed by atoms with van der Waals surface area (Å²) < 4.78 is 13.5. The van der Waals surface area contributed by atoms with Crippen molar-refractivity contribution < 1.29 is 9.18 Å². The fourth-order valence-corrected chi connectivity index (χ4v) is 2.74. The molecule has 1 amide bonds. The molecule has 2 N–H and O–H groups in total. The Morgan fingerprint density at radius 2 is 2.09 bits per heavy atom. The number of hydrogen-bond acceptors (Lipinski definition) is 4. The van der Waals surface area contributed by atoms with E-state index in [-0.39, 0.29) is 12.2 Å². The summed E-state index contributed by atoms with van der Waals surface area (Å²) >= 11 is 1.44. The van der Waals surface area contributed by atoms with E-state index in [9.17, 15) is 14.0 Å². The number of aromatic amines is 1. The summed E-state index contributed by atoms with van der Waals surface area (Å²) in [7, 11) is 0. The molecule has 2 heterocycles. The Morgan fingerprint density at radius 3 is 2.83 bits per heavy atom. The van der Waals surface area contributed by atoms with Gasteiger partial charge in [0.1, 0.15) is 11.5 Å². The second-order valence-electron chi connectivity index (χ2n) is 4.74. The molecule has 0 saturated heterocycles. The van der Waals surface area contributed by atoms with Crippen molar-refractivity contribution in [2.24, 2.45) is 0 Å². The molecule has 0 unspecified atom stereocenters. The van der Waals surface area contributed by atoms with E-state index in [0.29, 0.717) is 11.3 Å². The normalized spacial score (nSPS) is 10.5. The van der Waals surface area contributed by atoms with Gasteiger partial charge in [0.15, 0.2) is 0 Å². The first kappa shape index (κ1) is 15.1. The van der Waals surface area contributed by atoms with Crippen LogP contribution in [0.5, 0.6) is 0 Å². The molecule has 0 aliphatic heterocycles. The van der Waals surface area contributed by atoms with E-state index >= 15 is 0 Å². The topological polar surface area (TPSA) is 74.8 Å². The summed E-state index contributed by atoms with van der Waals surface area (Å²) in [5, 5.41) is 4.43. The van der Waals surface area contributed by atoms with Crippen LogP contribution in [0.25, 0.3) is 10.6 Å². The van der Waals surface area contributed by atoms with E-state index in [4.69, 9.17) is 0 Å². The van der Waals surface area contributed by atoms with Crippen molar-refractivity contribution in [1.82, 2.24) is 15.3 Å². The molecule has 5 nitrogen and oxygen atoms in total. The molecule has 1 aromatic carbocycles. The Morgan fingerprint density at radius 1 is 1.26 bits per heavy atom. The van der Waals surface area contributed by atoms with E-state index in [1.54, 1.807) is 18.2 Å². The number of rotatable bonds is 4. The first-order valence-electron chi connectivity index (χ1n) is 6.80. The van der Waals surface area contributed by atoms with Gasteiger partial charge < -0.3 is 10.3 Å². The van der Waals surface area contributed by atoms with E-state index in [0.717, 1.165) is 4.88 Å². The number of nitrogens with zero attached hydrogens (tertiary/aromatic N) is 1. The molecule has 0 spiro atoms. The largest absolute Gasteiger partial charge is 0.347 e. The van der Waals surface area contributed by atoms with Crippen molar-refractivity contribution in [1.29, 1.82) is 0 Å². The van der Waals surface area contributed by atoms with E-state index in [2.05, 4.69) is 15.3 Å². The van der Waals surface area contributed by atoms with Crippen molar-refractivity contribution in [3.05, 3.63) is 75.4 Å². The van der Waals surface area contributed by atoms with Crippen LogP contribution in [0.2, 0.25) is 0 Å². The molecule has 23 heavy (non-hydrogen) atoms. The van der Waals surface area contributed by atoms with Crippen LogP contribution in [-0.2, 0) is 6.54 Å². The molecule has 0 aliphatic carbocycles. The molecule has 0 bridgehead atoms. The Hall–Kier alpha value is -2.80. The van der Waals surface area contributed by atoms with Gasteiger partial charge in [-0.2, -0.15) is 4.98 Å². The number of thiophene rings is 1. The maximum absolute atomic E-state index is 13.5. The first-order valence-corrected chi connectivity index (χ1v) is 7.68.